The molecule has 0 N–H and O–H groups in total. The lowest BCUT2D eigenvalue weighted by Gasteiger charge is -2.37. The van der Waals surface area contributed by atoms with E-state index in [9.17, 15) is 0 Å². The van der Waals surface area contributed by atoms with Crippen molar-refractivity contribution < 1.29 is 0 Å². The largest absolute Gasteiger partial charge is 0.306 e. The van der Waals surface area contributed by atoms with Gasteiger partial charge in [0.1, 0.15) is 0 Å². The Kier molecular flexibility index (Phi) is 2.35. The minimum atomic E-state index is 0.883. The maximum absolute atomic E-state index is 2.44. The second kappa shape index (κ2) is 2.91. The lowest BCUT2D eigenvalue weighted by Crippen LogP contribution is -2.41. The van der Waals surface area contributed by atoms with Crippen LogP contribution in [-0.4, -0.2) is 25.0 Å². The Bertz CT molecular complexity index is 99.3. The van der Waals surface area contributed by atoms with E-state index >= 15 is 0 Å². The molecule has 0 radical (unpaired) electrons. The topological polar surface area (TPSA) is 3.24 Å². The fourth-order valence-corrected chi connectivity index (χ4v) is 1.95. The summed E-state index contributed by atoms with van der Waals surface area (Å²) in [4.78, 5) is 2.44. The number of likely N-dealkylation sites (tertiary alicyclic amines) is 1. The summed E-state index contributed by atoms with van der Waals surface area (Å²) < 4.78 is 0. The summed E-state index contributed by atoms with van der Waals surface area (Å²) in [5.74, 6) is 2.68. The highest BCUT2D eigenvalue weighted by molar-refractivity contribution is 4.77. The third-order valence-electron chi connectivity index (χ3n) is 2.99. The molecule has 60 valence electrons. The summed E-state index contributed by atoms with van der Waals surface area (Å²) >= 11 is 0. The maximum atomic E-state index is 2.44. The van der Waals surface area contributed by atoms with Crippen molar-refractivity contribution in [3.8, 4) is 0 Å². The average molecular weight is 141 g/mol. The average Bonchev–Trinajstić information content (AvgIpc) is 1.82. The fraction of sp³-hybridized carbons (Fsp3) is 1.00. The van der Waals surface area contributed by atoms with Gasteiger partial charge in [-0.3, -0.25) is 0 Å². The monoisotopic (exact) mass is 141 g/mol. The van der Waals surface area contributed by atoms with E-state index in [1.807, 2.05) is 0 Å². The van der Waals surface area contributed by atoms with Crippen LogP contribution in [0, 0.1) is 17.8 Å². The molecule has 0 spiro atoms. The first-order valence-corrected chi connectivity index (χ1v) is 4.29. The van der Waals surface area contributed by atoms with Crippen LogP contribution in [0.3, 0.4) is 0 Å². The second-order valence-electron chi connectivity index (χ2n) is 4.03. The first kappa shape index (κ1) is 8.06. The standard InChI is InChI=1S/C9H19N/c1-7-5-10(4)6-8(2)9(7)3/h7-9H,5-6H2,1-4H3/t7-,8-/m1/s1. The van der Waals surface area contributed by atoms with E-state index in [-0.39, 0.29) is 0 Å². The van der Waals surface area contributed by atoms with E-state index in [1.165, 1.54) is 13.1 Å². The second-order valence-corrected chi connectivity index (χ2v) is 4.03. The Morgan fingerprint density at radius 3 is 1.80 bits per heavy atom. The van der Waals surface area contributed by atoms with Crippen molar-refractivity contribution in [1.82, 2.24) is 4.90 Å². The van der Waals surface area contributed by atoms with Gasteiger partial charge in [-0.05, 0) is 24.8 Å². The highest BCUT2D eigenvalue weighted by Crippen LogP contribution is 2.26. The predicted octanol–water partition coefficient (Wildman–Crippen LogP) is 1.84. The van der Waals surface area contributed by atoms with Crippen LogP contribution in [-0.2, 0) is 0 Å². The van der Waals surface area contributed by atoms with Crippen molar-refractivity contribution in [3.05, 3.63) is 0 Å². The molecule has 1 heteroatoms. The molecule has 1 aliphatic heterocycles. The summed E-state index contributed by atoms with van der Waals surface area (Å²) in [6.07, 6.45) is 0. The lowest BCUT2D eigenvalue weighted by atomic mass is 9.81. The molecule has 1 nitrogen and oxygen atoms in total. The summed E-state index contributed by atoms with van der Waals surface area (Å²) in [7, 11) is 2.22. The molecule has 0 unspecified atom stereocenters. The summed E-state index contributed by atoms with van der Waals surface area (Å²) in [6.45, 7) is 9.66. The summed E-state index contributed by atoms with van der Waals surface area (Å²) in [6, 6.07) is 0. The zero-order valence-electron chi connectivity index (χ0n) is 7.59. The normalized spacial score (nSPS) is 38.4. The number of hydrogen-bond acceptors (Lipinski definition) is 1. The minimum absolute atomic E-state index is 0.883. The molecule has 10 heavy (non-hydrogen) atoms. The van der Waals surface area contributed by atoms with E-state index in [2.05, 4.69) is 32.7 Å². The third-order valence-corrected chi connectivity index (χ3v) is 2.99. The van der Waals surface area contributed by atoms with Crippen LogP contribution in [0.4, 0.5) is 0 Å². The first-order chi connectivity index (χ1) is 4.61. The maximum Gasteiger partial charge on any atom is 0.000674 e. The zero-order chi connectivity index (χ0) is 7.72. The van der Waals surface area contributed by atoms with E-state index in [4.69, 9.17) is 0 Å². The molecular formula is C9H19N. The van der Waals surface area contributed by atoms with Gasteiger partial charge in [0.05, 0.1) is 0 Å². The number of hydrogen-bond donors (Lipinski definition) is 0. The van der Waals surface area contributed by atoms with E-state index in [0.29, 0.717) is 0 Å². The van der Waals surface area contributed by atoms with Gasteiger partial charge in [0, 0.05) is 13.1 Å². The van der Waals surface area contributed by atoms with Crippen molar-refractivity contribution in [3.63, 3.8) is 0 Å². The molecule has 1 saturated heterocycles. The van der Waals surface area contributed by atoms with Crippen LogP contribution in [0.25, 0.3) is 0 Å². The molecular weight excluding hydrogens is 122 g/mol. The van der Waals surface area contributed by atoms with Gasteiger partial charge in [0.15, 0.2) is 0 Å². The molecule has 1 aliphatic rings. The smallest absolute Gasteiger partial charge is 0.000674 e. The SMILES string of the molecule is CC1[C@H](C)CN(C)C[C@H]1C. The molecule has 0 aromatic carbocycles. The molecule has 1 heterocycles. The van der Waals surface area contributed by atoms with Gasteiger partial charge in [-0.1, -0.05) is 20.8 Å². The van der Waals surface area contributed by atoms with Crippen molar-refractivity contribution in [2.75, 3.05) is 20.1 Å². The minimum Gasteiger partial charge on any atom is -0.306 e. The van der Waals surface area contributed by atoms with Crippen LogP contribution >= 0.6 is 0 Å². The first-order valence-electron chi connectivity index (χ1n) is 4.29. The Hall–Kier alpha value is -0.0400. The number of rotatable bonds is 0. The molecule has 0 aromatic rings. The quantitative estimate of drug-likeness (QED) is 0.497. The van der Waals surface area contributed by atoms with Crippen molar-refractivity contribution >= 4 is 0 Å². The lowest BCUT2D eigenvalue weighted by molar-refractivity contribution is 0.110. The fourth-order valence-electron chi connectivity index (χ4n) is 1.95. The number of nitrogens with zero attached hydrogens (tertiary/aromatic N) is 1. The van der Waals surface area contributed by atoms with Crippen molar-refractivity contribution in [2.45, 2.75) is 20.8 Å². The molecule has 1 fully saturated rings. The van der Waals surface area contributed by atoms with Gasteiger partial charge in [-0.25, -0.2) is 0 Å². The van der Waals surface area contributed by atoms with Crippen LogP contribution in [0.15, 0.2) is 0 Å². The van der Waals surface area contributed by atoms with Gasteiger partial charge in [-0.2, -0.15) is 0 Å². The van der Waals surface area contributed by atoms with Crippen LogP contribution in [0.1, 0.15) is 20.8 Å². The van der Waals surface area contributed by atoms with Gasteiger partial charge in [0.25, 0.3) is 0 Å². The molecule has 0 saturated carbocycles. The zero-order valence-corrected chi connectivity index (χ0v) is 7.59. The molecule has 0 amide bonds. The van der Waals surface area contributed by atoms with E-state index in [1.54, 1.807) is 0 Å². The van der Waals surface area contributed by atoms with Gasteiger partial charge < -0.3 is 4.90 Å². The van der Waals surface area contributed by atoms with Crippen molar-refractivity contribution in [1.29, 1.82) is 0 Å². The van der Waals surface area contributed by atoms with Gasteiger partial charge in [0.2, 0.25) is 0 Å². The van der Waals surface area contributed by atoms with E-state index < -0.39 is 0 Å². The van der Waals surface area contributed by atoms with Crippen molar-refractivity contribution in [2.24, 2.45) is 17.8 Å². The Morgan fingerprint density at radius 2 is 1.40 bits per heavy atom. The Labute approximate surface area is 64.4 Å². The van der Waals surface area contributed by atoms with Crippen LogP contribution in [0.5, 0.6) is 0 Å². The van der Waals surface area contributed by atoms with E-state index in [0.717, 1.165) is 17.8 Å². The van der Waals surface area contributed by atoms with Gasteiger partial charge >= 0.3 is 0 Å². The molecule has 2 atom stereocenters. The summed E-state index contributed by atoms with van der Waals surface area (Å²) in [5, 5.41) is 0. The molecule has 1 rings (SSSR count). The van der Waals surface area contributed by atoms with Gasteiger partial charge in [-0.15, -0.1) is 0 Å². The molecule has 0 bridgehead atoms. The molecule has 0 aliphatic carbocycles. The Morgan fingerprint density at radius 1 is 1.00 bits per heavy atom. The summed E-state index contributed by atoms with van der Waals surface area (Å²) in [5.41, 5.74) is 0. The predicted molar refractivity (Wildman–Crippen MR) is 45.0 cm³/mol. The van der Waals surface area contributed by atoms with Crippen LogP contribution in [0.2, 0.25) is 0 Å². The highest BCUT2D eigenvalue weighted by atomic mass is 15.1. The molecule has 0 aromatic heterocycles. The van der Waals surface area contributed by atoms with Crippen LogP contribution < -0.4 is 0 Å². The highest BCUT2D eigenvalue weighted by Gasteiger charge is 2.26. The Balaban J connectivity index is 2.49. The number of piperidine rings is 1. The third kappa shape index (κ3) is 1.51.